The van der Waals surface area contributed by atoms with Crippen LogP contribution in [0.4, 0.5) is 5.69 Å². The minimum absolute atomic E-state index is 0.153. The van der Waals surface area contributed by atoms with Crippen LogP contribution in [0.1, 0.15) is 27.2 Å². The number of anilines is 1. The lowest BCUT2D eigenvalue weighted by molar-refractivity contribution is -0.00444. The van der Waals surface area contributed by atoms with Gasteiger partial charge in [-0.3, -0.25) is 0 Å². The Balaban J connectivity index is 2.39. The summed E-state index contributed by atoms with van der Waals surface area (Å²) in [5.41, 5.74) is 0.763. The summed E-state index contributed by atoms with van der Waals surface area (Å²) in [6, 6.07) is 5.33. The van der Waals surface area contributed by atoms with E-state index < -0.39 is 6.10 Å². The molecule has 0 heterocycles. The normalized spacial score (nSPS) is 14.0. The first kappa shape index (κ1) is 18.1. The number of hydrogen-bond acceptors (Lipinski definition) is 4. The number of halogens is 1. The van der Waals surface area contributed by atoms with Gasteiger partial charge in [0.05, 0.1) is 31.6 Å². The van der Waals surface area contributed by atoms with E-state index >= 15 is 0 Å². The second-order valence-corrected chi connectivity index (χ2v) is 6.09. The first-order valence-corrected chi connectivity index (χ1v) is 7.67. The Labute approximate surface area is 132 Å². The van der Waals surface area contributed by atoms with Gasteiger partial charge in [0.1, 0.15) is 5.75 Å². The van der Waals surface area contributed by atoms with E-state index in [9.17, 15) is 5.11 Å². The highest BCUT2D eigenvalue weighted by atomic mass is 35.5. The number of methoxy groups -OCH3 is 1. The molecule has 0 saturated heterocycles. The predicted molar refractivity (Wildman–Crippen MR) is 87.4 cm³/mol. The molecule has 0 spiro atoms. The molecular weight excluding hydrogens is 290 g/mol. The molecule has 2 unspecified atom stereocenters. The van der Waals surface area contributed by atoms with Gasteiger partial charge in [0.2, 0.25) is 0 Å². The number of benzene rings is 1. The van der Waals surface area contributed by atoms with Gasteiger partial charge in [-0.15, -0.1) is 0 Å². The van der Waals surface area contributed by atoms with Crippen molar-refractivity contribution in [1.82, 2.24) is 0 Å². The van der Waals surface area contributed by atoms with Crippen molar-refractivity contribution in [2.45, 2.75) is 39.4 Å². The highest BCUT2D eigenvalue weighted by Crippen LogP contribution is 2.27. The minimum atomic E-state index is -0.580. The van der Waals surface area contributed by atoms with Crippen LogP contribution in [0.5, 0.6) is 5.75 Å². The Bertz CT molecular complexity index is 426. The first-order chi connectivity index (χ1) is 9.92. The van der Waals surface area contributed by atoms with E-state index in [1.165, 1.54) is 0 Å². The lowest BCUT2D eigenvalue weighted by Crippen LogP contribution is -2.27. The fraction of sp³-hybridized carbons (Fsp3) is 0.625. The highest BCUT2D eigenvalue weighted by Gasteiger charge is 2.11. The number of hydrogen-bond donors (Lipinski definition) is 2. The van der Waals surface area contributed by atoms with Crippen molar-refractivity contribution in [2.75, 3.05) is 25.6 Å². The van der Waals surface area contributed by atoms with Gasteiger partial charge < -0.3 is 19.9 Å². The van der Waals surface area contributed by atoms with Crippen molar-refractivity contribution in [3.05, 3.63) is 23.2 Å². The van der Waals surface area contributed by atoms with Crippen molar-refractivity contribution < 1.29 is 14.6 Å². The molecule has 2 N–H and O–H groups in total. The largest absolute Gasteiger partial charge is 0.495 e. The van der Waals surface area contributed by atoms with Crippen molar-refractivity contribution in [3.63, 3.8) is 0 Å². The third kappa shape index (κ3) is 7.02. The van der Waals surface area contributed by atoms with E-state index in [1.54, 1.807) is 25.3 Å². The third-order valence-electron chi connectivity index (χ3n) is 3.07. The molecule has 0 aliphatic carbocycles. The molecule has 2 atom stereocenters. The zero-order valence-electron chi connectivity index (χ0n) is 13.2. The molecule has 1 aromatic rings. The molecule has 0 aliphatic rings. The molecule has 0 saturated carbocycles. The lowest BCUT2D eigenvalue weighted by atomic mass is 10.1. The van der Waals surface area contributed by atoms with Crippen LogP contribution in [0.15, 0.2) is 18.2 Å². The van der Waals surface area contributed by atoms with Gasteiger partial charge in [-0.05, 0) is 37.5 Å². The summed E-state index contributed by atoms with van der Waals surface area (Å²) in [5.74, 6) is 1.28. The summed E-state index contributed by atoms with van der Waals surface area (Å²) < 4.78 is 10.9. The zero-order valence-corrected chi connectivity index (χ0v) is 14.0. The monoisotopic (exact) mass is 315 g/mol. The van der Waals surface area contributed by atoms with Crippen molar-refractivity contribution >= 4 is 17.3 Å². The van der Waals surface area contributed by atoms with Crippen LogP contribution >= 0.6 is 11.6 Å². The van der Waals surface area contributed by atoms with Crippen LogP contribution in [-0.2, 0) is 4.74 Å². The molecule has 0 radical (unpaired) electrons. The summed E-state index contributed by atoms with van der Waals surface area (Å²) in [4.78, 5) is 0. The first-order valence-electron chi connectivity index (χ1n) is 7.29. The fourth-order valence-electron chi connectivity index (χ4n) is 2.11. The number of aliphatic hydroxyl groups is 1. The molecule has 0 aliphatic heterocycles. The van der Waals surface area contributed by atoms with Gasteiger partial charge in [-0.25, -0.2) is 0 Å². The quantitative estimate of drug-likeness (QED) is 0.731. The second kappa shape index (κ2) is 9.13. The minimum Gasteiger partial charge on any atom is -0.495 e. The predicted octanol–water partition coefficient (Wildman–Crippen LogP) is 3.57. The average Bonchev–Trinajstić information content (AvgIpc) is 2.42. The summed E-state index contributed by atoms with van der Waals surface area (Å²) in [6.45, 7) is 7.03. The maximum atomic E-state index is 9.97. The van der Waals surface area contributed by atoms with Gasteiger partial charge in [0.25, 0.3) is 0 Å². The fourth-order valence-corrected chi connectivity index (χ4v) is 2.28. The Morgan fingerprint density at radius 2 is 2.00 bits per heavy atom. The third-order valence-corrected chi connectivity index (χ3v) is 3.30. The van der Waals surface area contributed by atoms with Crippen LogP contribution in [0.25, 0.3) is 0 Å². The summed E-state index contributed by atoms with van der Waals surface area (Å²) in [5, 5.41) is 13.7. The van der Waals surface area contributed by atoms with Crippen LogP contribution in [0, 0.1) is 5.92 Å². The number of aliphatic hydroxyl groups excluding tert-OH is 1. The molecular formula is C16H26ClNO3. The van der Waals surface area contributed by atoms with Gasteiger partial charge in [0, 0.05) is 11.6 Å². The van der Waals surface area contributed by atoms with E-state index in [0.717, 1.165) is 12.1 Å². The molecule has 5 heteroatoms. The van der Waals surface area contributed by atoms with Crippen LogP contribution < -0.4 is 10.1 Å². The Hall–Kier alpha value is -0.970. The summed E-state index contributed by atoms with van der Waals surface area (Å²) in [6.07, 6.45) is 0.561. The maximum Gasteiger partial charge on any atom is 0.142 e. The van der Waals surface area contributed by atoms with Gasteiger partial charge in [-0.1, -0.05) is 25.4 Å². The Morgan fingerprint density at radius 1 is 1.29 bits per heavy atom. The molecule has 120 valence electrons. The average molecular weight is 316 g/mol. The molecule has 1 aromatic carbocycles. The van der Waals surface area contributed by atoms with Crippen molar-refractivity contribution in [2.24, 2.45) is 5.92 Å². The second-order valence-electron chi connectivity index (χ2n) is 5.65. The Kier molecular flexibility index (Phi) is 7.86. The number of ether oxygens (including phenoxy) is 2. The summed E-state index contributed by atoms with van der Waals surface area (Å²) in [7, 11) is 1.60. The zero-order chi connectivity index (χ0) is 15.8. The van der Waals surface area contributed by atoms with E-state index in [1.807, 2.05) is 6.92 Å². The van der Waals surface area contributed by atoms with Crippen LogP contribution in [-0.4, -0.2) is 37.6 Å². The van der Waals surface area contributed by atoms with Crippen molar-refractivity contribution in [3.8, 4) is 5.75 Å². The van der Waals surface area contributed by atoms with Crippen LogP contribution in [0.2, 0.25) is 5.02 Å². The highest BCUT2D eigenvalue weighted by molar-refractivity contribution is 6.30. The molecule has 0 bridgehead atoms. The van der Waals surface area contributed by atoms with Crippen LogP contribution in [0.3, 0.4) is 0 Å². The molecule has 1 rings (SSSR count). The molecule has 4 nitrogen and oxygen atoms in total. The van der Waals surface area contributed by atoms with Gasteiger partial charge >= 0.3 is 0 Å². The molecule has 21 heavy (non-hydrogen) atoms. The topological polar surface area (TPSA) is 50.7 Å². The van der Waals surface area contributed by atoms with E-state index in [2.05, 4.69) is 19.2 Å². The van der Waals surface area contributed by atoms with Gasteiger partial charge in [0.15, 0.2) is 0 Å². The Morgan fingerprint density at radius 3 is 2.62 bits per heavy atom. The lowest BCUT2D eigenvalue weighted by Gasteiger charge is -2.19. The molecule has 0 fully saturated rings. The van der Waals surface area contributed by atoms with Gasteiger partial charge in [-0.2, -0.15) is 0 Å². The SMILES string of the molecule is COc1ccc(Cl)cc1NCC(O)COC(C)CC(C)C. The smallest absolute Gasteiger partial charge is 0.142 e. The molecule has 0 amide bonds. The van der Waals surface area contributed by atoms with E-state index in [0.29, 0.717) is 29.8 Å². The van der Waals surface area contributed by atoms with E-state index in [-0.39, 0.29) is 6.10 Å². The van der Waals surface area contributed by atoms with Crippen molar-refractivity contribution in [1.29, 1.82) is 0 Å². The molecule has 0 aromatic heterocycles. The standard InChI is InChI=1S/C16H26ClNO3/c1-11(2)7-12(3)21-10-14(19)9-18-15-8-13(17)5-6-16(15)20-4/h5-6,8,11-12,14,18-19H,7,9-10H2,1-4H3. The number of rotatable bonds is 9. The van der Waals surface area contributed by atoms with E-state index in [4.69, 9.17) is 21.1 Å². The maximum absolute atomic E-state index is 9.97. The summed E-state index contributed by atoms with van der Waals surface area (Å²) >= 11 is 5.96. The number of nitrogens with one attached hydrogen (secondary N) is 1.